The molecule has 3 aromatic heterocycles. The minimum atomic E-state index is 0.379. The van der Waals surface area contributed by atoms with Crippen LogP contribution < -0.4 is 5.73 Å². The van der Waals surface area contributed by atoms with E-state index >= 15 is 0 Å². The summed E-state index contributed by atoms with van der Waals surface area (Å²) in [5.41, 5.74) is 9.30. The molecule has 0 unspecified atom stereocenters. The molecule has 23 heavy (non-hydrogen) atoms. The van der Waals surface area contributed by atoms with Gasteiger partial charge < -0.3 is 5.73 Å². The van der Waals surface area contributed by atoms with E-state index in [0.29, 0.717) is 28.2 Å². The lowest BCUT2D eigenvalue weighted by Gasteiger charge is -2.12. The fourth-order valence-corrected chi connectivity index (χ4v) is 3.50. The Morgan fingerprint density at radius 2 is 2.04 bits per heavy atom. The van der Waals surface area contributed by atoms with Gasteiger partial charge in [-0.05, 0) is 37.0 Å². The molecule has 0 aliphatic rings. The highest BCUT2D eigenvalue weighted by Gasteiger charge is 2.21. The van der Waals surface area contributed by atoms with Crippen LogP contribution in [-0.2, 0) is 0 Å². The second-order valence-corrected chi connectivity index (χ2v) is 6.16. The Kier molecular flexibility index (Phi) is 2.83. The summed E-state index contributed by atoms with van der Waals surface area (Å²) < 4.78 is 7.18. The molecule has 4 aromatic rings. The van der Waals surface area contributed by atoms with Gasteiger partial charge in [0.2, 0.25) is 0 Å². The van der Waals surface area contributed by atoms with E-state index in [9.17, 15) is 5.26 Å². The smallest absolute Gasteiger partial charge is 0.151 e. The molecule has 0 saturated heterocycles. The highest BCUT2D eigenvalue weighted by atomic mass is 32.1. The van der Waals surface area contributed by atoms with Gasteiger partial charge in [0.1, 0.15) is 23.3 Å². The average Bonchev–Trinajstić information content (AvgIpc) is 3.10. The third-order valence-corrected chi connectivity index (χ3v) is 4.68. The molecule has 112 valence electrons. The Morgan fingerprint density at radius 1 is 1.22 bits per heavy atom. The van der Waals surface area contributed by atoms with E-state index in [2.05, 4.69) is 20.4 Å². The summed E-state index contributed by atoms with van der Waals surface area (Å²) in [5.74, 6) is 1.01. The van der Waals surface area contributed by atoms with E-state index in [1.807, 2.05) is 36.7 Å². The molecule has 0 amide bonds. The minimum Gasteiger partial charge on any atom is -0.384 e. The fourth-order valence-electron chi connectivity index (χ4n) is 2.85. The lowest BCUT2D eigenvalue weighted by molar-refractivity contribution is 1.03. The van der Waals surface area contributed by atoms with Crippen LogP contribution in [-0.4, -0.2) is 18.9 Å². The second-order valence-electron chi connectivity index (χ2n) is 5.33. The van der Waals surface area contributed by atoms with Crippen LogP contribution >= 0.6 is 11.5 Å². The molecule has 0 bridgehead atoms. The zero-order chi connectivity index (χ0) is 16.1. The number of nitrogens with zero attached hydrogens (tertiary/aromatic N) is 5. The van der Waals surface area contributed by atoms with Crippen molar-refractivity contribution in [1.29, 1.82) is 5.26 Å². The number of nitriles is 1. The van der Waals surface area contributed by atoms with Crippen LogP contribution in [0.15, 0.2) is 24.5 Å². The van der Waals surface area contributed by atoms with Crippen LogP contribution in [0.4, 0.5) is 5.82 Å². The molecular weight excluding hydrogens is 308 g/mol. The number of aryl methyl sites for hydroxylation is 2. The molecule has 0 fully saturated rings. The highest BCUT2D eigenvalue weighted by molar-refractivity contribution is 7.13. The van der Waals surface area contributed by atoms with E-state index in [-0.39, 0.29) is 0 Å². The number of hydrogen-bond donors (Lipinski definition) is 1. The minimum absolute atomic E-state index is 0.379. The standard InChI is InChI=1S/C16H12N6S/c1-8-3-4-13-12(7-20-23-13)14(8)22-15(18)10(5-17)11-6-19-9(2)21-16(11)22/h3-4,6-7H,18H2,1-2H3. The molecule has 0 aliphatic carbocycles. The Labute approximate surface area is 136 Å². The first-order valence-electron chi connectivity index (χ1n) is 7.00. The van der Waals surface area contributed by atoms with Crippen molar-refractivity contribution in [2.75, 3.05) is 5.73 Å². The van der Waals surface area contributed by atoms with Crippen LogP contribution in [0.5, 0.6) is 0 Å². The largest absolute Gasteiger partial charge is 0.384 e. The molecule has 0 saturated carbocycles. The van der Waals surface area contributed by atoms with Crippen molar-refractivity contribution in [3.8, 4) is 11.8 Å². The van der Waals surface area contributed by atoms with Gasteiger partial charge in [-0.3, -0.25) is 4.57 Å². The number of nitrogens with two attached hydrogens (primary N) is 1. The van der Waals surface area contributed by atoms with Gasteiger partial charge in [-0.25, -0.2) is 9.97 Å². The third kappa shape index (κ3) is 1.82. The van der Waals surface area contributed by atoms with Crippen LogP contribution in [0.3, 0.4) is 0 Å². The molecule has 0 spiro atoms. The predicted octanol–water partition coefficient (Wildman–Crippen LogP) is 3.10. The number of hydrogen-bond acceptors (Lipinski definition) is 6. The van der Waals surface area contributed by atoms with Gasteiger partial charge in [-0.2, -0.15) is 9.64 Å². The Bertz CT molecular complexity index is 1120. The van der Waals surface area contributed by atoms with E-state index in [1.165, 1.54) is 11.5 Å². The number of nitrogen functional groups attached to an aromatic ring is 1. The van der Waals surface area contributed by atoms with E-state index in [1.54, 1.807) is 6.20 Å². The number of benzene rings is 1. The average molecular weight is 320 g/mol. The summed E-state index contributed by atoms with van der Waals surface area (Å²) in [4.78, 5) is 8.71. The second kappa shape index (κ2) is 4.76. The first-order valence-corrected chi connectivity index (χ1v) is 7.77. The monoisotopic (exact) mass is 320 g/mol. The molecule has 4 rings (SSSR count). The maximum absolute atomic E-state index is 9.48. The van der Waals surface area contributed by atoms with Gasteiger partial charge in [-0.1, -0.05) is 6.07 Å². The Balaban J connectivity index is 2.23. The SMILES string of the molecule is Cc1ncc2c(C#N)c(N)n(-c3c(C)ccc4sncc34)c2n1. The summed E-state index contributed by atoms with van der Waals surface area (Å²) in [5, 5.41) is 11.1. The summed E-state index contributed by atoms with van der Waals surface area (Å²) in [6.45, 7) is 3.83. The van der Waals surface area contributed by atoms with Crippen molar-refractivity contribution in [2.24, 2.45) is 0 Å². The van der Waals surface area contributed by atoms with Crippen molar-refractivity contribution in [2.45, 2.75) is 13.8 Å². The van der Waals surface area contributed by atoms with Gasteiger partial charge in [0.15, 0.2) is 5.65 Å². The lowest BCUT2D eigenvalue weighted by atomic mass is 10.1. The maximum atomic E-state index is 9.48. The van der Waals surface area contributed by atoms with Crippen LogP contribution in [0.2, 0.25) is 0 Å². The van der Waals surface area contributed by atoms with Gasteiger partial charge in [-0.15, -0.1) is 0 Å². The quantitative estimate of drug-likeness (QED) is 0.581. The fraction of sp³-hybridized carbons (Fsp3) is 0.125. The van der Waals surface area contributed by atoms with Crippen molar-refractivity contribution in [3.63, 3.8) is 0 Å². The van der Waals surface area contributed by atoms with Gasteiger partial charge in [0.25, 0.3) is 0 Å². The van der Waals surface area contributed by atoms with Crippen LogP contribution in [0.1, 0.15) is 17.0 Å². The van der Waals surface area contributed by atoms with E-state index in [4.69, 9.17) is 5.73 Å². The zero-order valence-electron chi connectivity index (χ0n) is 12.5. The van der Waals surface area contributed by atoms with Crippen molar-refractivity contribution < 1.29 is 0 Å². The number of rotatable bonds is 1. The van der Waals surface area contributed by atoms with Crippen molar-refractivity contribution in [3.05, 3.63) is 41.5 Å². The van der Waals surface area contributed by atoms with Gasteiger partial charge in [0, 0.05) is 11.6 Å². The van der Waals surface area contributed by atoms with Gasteiger partial charge >= 0.3 is 0 Å². The highest BCUT2D eigenvalue weighted by Crippen LogP contribution is 2.35. The maximum Gasteiger partial charge on any atom is 0.151 e. The third-order valence-electron chi connectivity index (χ3n) is 3.91. The van der Waals surface area contributed by atoms with E-state index in [0.717, 1.165) is 21.3 Å². The molecule has 3 heterocycles. The molecule has 0 aliphatic heterocycles. The molecule has 7 heteroatoms. The summed E-state index contributed by atoms with van der Waals surface area (Å²) in [6, 6.07) is 6.24. The van der Waals surface area contributed by atoms with Crippen molar-refractivity contribution in [1.82, 2.24) is 18.9 Å². The van der Waals surface area contributed by atoms with E-state index < -0.39 is 0 Å². The first-order chi connectivity index (χ1) is 11.1. The molecular formula is C16H12N6S. The Morgan fingerprint density at radius 3 is 2.83 bits per heavy atom. The summed E-state index contributed by atoms with van der Waals surface area (Å²) in [7, 11) is 0. The topological polar surface area (TPSA) is 93.4 Å². The molecule has 0 radical (unpaired) electrons. The van der Waals surface area contributed by atoms with Crippen LogP contribution in [0, 0.1) is 25.2 Å². The lowest BCUT2D eigenvalue weighted by Crippen LogP contribution is -2.04. The first kappa shape index (κ1) is 13.7. The Hall–Kier alpha value is -2.98. The molecule has 2 N–H and O–H groups in total. The molecule has 6 nitrogen and oxygen atoms in total. The van der Waals surface area contributed by atoms with Gasteiger partial charge in [0.05, 0.1) is 22.0 Å². The predicted molar refractivity (Wildman–Crippen MR) is 90.6 cm³/mol. The van der Waals surface area contributed by atoms with Crippen LogP contribution in [0.25, 0.3) is 26.8 Å². The number of anilines is 1. The zero-order valence-corrected chi connectivity index (χ0v) is 13.3. The summed E-state index contributed by atoms with van der Waals surface area (Å²) >= 11 is 1.43. The number of fused-ring (bicyclic) bond motifs is 2. The van der Waals surface area contributed by atoms with Crippen molar-refractivity contribution >= 4 is 38.5 Å². The normalized spacial score (nSPS) is 11.2. The molecule has 0 atom stereocenters. The summed E-state index contributed by atoms with van der Waals surface area (Å²) in [6.07, 6.45) is 3.48. The number of aromatic nitrogens is 4. The molecule has 1 aromatic carbocycles.